The average molecular weight is 284 g/mol. The van der Waals surface area contributed by atoms with Gasteiger partial charge >= 0.3 is 0 Å². The number of rotatable bonds is 1. The van der Waals surface area contributed by atoms with Gasteiger partial charge in [-0.3, -0.25) is 0 Å². The molecule has 0 spiro atoms. The van der Waals surface area contributed by atoms with Gasteiger partial charge in [-0.2, -0.15) is 0 Å². The van der Waals surface area contributed by atoms with Crippen LogP contribution in [0.25, 0.3) is 4.85 Å². The Morgan fingerprint density at radius 3 is 2.90 bits per heavy atom. The van der Waals surface area contributed by atoms with Crippen molar-refractivity contribution in [3.63, 3.8) is 0 Å². The highest BCUT2D eigenvalue weighted by atomic mass is 16.5. The van der Waals surface area contributed by atoms with Gasteiger partial charge in [0.2, 0.25) is 5.88 Å². The maximum atomic E-state index is 10.5. The first-order valence-electron chi connectivity index (χ1n) is 7.35. The zero-order valence-electron chi connectivity index (χ0n) is 12.6. The molecular weight excluding hydrogens is 264 g/mol. The highest BCUT2D eigenvalue weighted by Gasteiger charge is 2.58. The van der Waals surface area contributed by atoms with Crippen LogP contribution < -0.4 is 4.74 Å². The highest BCUT2D eigenvalue weighted by Crippen LogP contribution is 2.54. The van der Waals surface area contributed by atoms with Gasteiger partial charge in [0.25, 0.3) is 5.54 Å². The van der Waals surface area contributed by atoms with E-state index in [2.05, 4.69) is 9.83 Å². The molecule has 4 nitrogen and oxygen atoms in total. The lowest BCUT2D eigenvalue weighted by Crippen LogP contribution is -2.49. The number of aliphatic hydroxyl groups is 1. The first kappa shape index (κ1) is 14.1. The minimum atomic E-state index is -0.662. The second kappa shape index (κ2) is 4.85. The van der Waals surface area contributed by atoms with E-state index < -0.39 is 11.6 Å². The summed E-state index contributed by atoms with van der Waals surface area (Å²) in [6.45, 7) is 11.8. The van der Waals surface area contributed by atoms with Crippen LogP contribution in [0.4, 0.5) is 0 Å². The van der Waals surface area contributed by atoms with Crippen molar-refractivity contribution in [1.82, 2.24) is 4.98 Å². The first-order chi connectivity index (χ1) is 10.1. The van der Waals surface area contributed by atoms with Crippen molar-refractivity contribution >= 4 is 0 Å². The third-order valence-corrected chi connectivity index (χ3v) is 5.01. The van der Waals surface area contributed by atoms with E-state index in [4.69, 9.17) is 11.3 Å². The Labute approximate surface area is 125 Å². The molecule has 2 bridgehead atoms. The first-order valence-corrected chi connectivity index (χ1v) is 7.35. The minimum Gasteiger partial charge on any atom is -0.481 e. The molecule has 1 saturated carbocycles. The van der Waals surface area contributed by atoms with Crippen LogP contribution in [0.5, 0.6) is 5.88 Å². The lowest BCUT2D eigenvalue weighted by atomic mass is 9.58. The van der Waals surface area contributed by atoms with Gasteiger partial charge in [-0.05, 0) is 25.3 Å². The summed E-state index contributed by atoms with van der Waals surface area (Å²) in [6.07, 6.45) is 2.93. The molecule has 0 radical (unpaired) electrons. The van der Waals surface area contributed by atoms with Crippen LogP contribution in [0, 0.1) is 18.4 Å². The summed E-state index contributed by atoms with van der Waals surface area (Å²) in [5.74, 6) is 0.668. The summed E-state index contributed by atoms with van der Waals surface area (Å²) in [4.78, 5) is 8.55. The number of allylic oxidation sites excluding steroid dienone is 1. The van der Waals surface area contributed by atoms with Crippen molar-refractivity contribution in [2.75, 3.05) is 7.11 Å². The molecule has 2 aliphatic rings. The number of aliphatic hydroxyl groups excluding tert-OH is 1. The maximum absolute atomic E-state index is 10.5. The molecular formula is C17H20N2O2. The van der Waals surface area contributed by atoms with Crippen molar-refractivity contribution in [2.24, 2.45) is 11.8 Å². The lowest BCUT2D eigenvalue weighted by Gasteiger charge is -2.45. The third kappa shape index (κ3) is 1.81. The number of methoxy groups -OCH3 is 1. The Morgan fingerprint density at radius 1 is 1.52 bits per heavy atom. The Morgan fingerprint density at radius 2 is 2.29 bits per heavy atom. The smallest absolute Gasteiger partial charge is 0.281 e. The normalized spacial score (nSPS) is 36.0. The second-order valence-corrected chi connectivity index (χ2v) is 6.05. The third-order valence-electron chi connectivity index (χ3n) is 5.01. The number of hydrogen-bond donors (Lipinski definition) is 1. The molecule has 0 amide bonds. The van der Waals surface area contributed by atoms with Gasteiger partial charge in [0.05, 0.1) is 24.5 Å². The summed E-state index contributed by atoms with van der Waals surface area (Å²) in [5.41, 5.74) is 2.28. The van der Waals surface area contributed by atoms with E-state index in [-0.39, 0.29) is 11.8 Å². The molecule has 4 atom stereocenters. The quantitative estimate of drug-likeness (QED) is 0.637. The van der Waals surface area contributed by atoms with Crippen LogP contribution in [-0.2, 0) is 12.0 Å². The average Bonchev–Trinajstić information content (AvgIpc) is 2.51. The SMILES string of the molecule is [C-]#[N+]C12C[C@@H](C)[C@@H](O)[C@H](Cc3nc(OC)ccc31)C2=CC. The van der Waals surface area contributed by atoms with Crippen LogP contribution >= 0.6 is 0 Å². The molecule has 0 aliphatic heterocycles. The Kier molecular flexibility index (Phi) is 3.26. The minimum absolute atomic E-state index is 0.0139. The Bertz CT molecular complexity index is 647. The predicted molar refractivity (Wildman–Crippen MR) is 79.8 cm³/mol. The largest absolute Gasteiger partial charge is 0.481 e. The van der Waals surface area contributed by atoms with Crippen molar-refractivity contribution < 1.29 is 9.84 Å². The van der Waals surface area contributed by atoms with Gasteiger partial charge in [0.15, 0.2) is 0 Å². The van der Waals surface area contributed by atoms with Gasteiger partial charge in [0.1, 0.15) is 0 Å². The predicted octanol–water partition coefficient (Wildman–Crippen LogP) is 2.72. The molecule has 0 aromatic carbocycles. The lowest BCUT2D eigenvalue weighted by molar-refractivity contribution is 0.0289. The van der Waals surface area contributed by atoms with Crippen LogP contribution in [0.1, 0.15) is 31.5 Å². The number of nitrogens with zero attached hydrogens (tertiary/aromatic N) is 2. The summed E-state index contributed by atoms with van der Waals surface area (Å²) in [5, 5.41) is 10.5. The molecule has 1 fully saturated rings. The number of aromatic nitrogens is 1. The van der Waals surface area contributed by atoms with E-state index in [9.17, 15) is 5.11 Å². The fourth-order valence-electron chi connectivity index (χ4n) is 4.05. The summed E-state index contributed by atoms with van der Waals surface area (Å²) in [6, 6.07) is 3.80. The molecule has 2 aliphatic carbocycles. The van der Waals surface area contributed by atoms with E-state index >= 15 is 0 Å². The Hall–Kier alpha value is -1.86. The van der Waals surface area contributed by atoms with E-state index in [1.807, 2.05) is 32.1 Å². The summed E-state index contributed by atoms with van der Waals surface area (Å²) in [7, 11) is 1.59. The van der Waals surface area contributed by atoms with Gasteiger partial charge in [-0.1, -0.05) is 13.0 Å². The van der Waals surface area contributed by atoms with E-state index in [0.29, 0.717) is 18.7 Å². The van der Waals surface area contributed by atoms with Crippen LogP contribution in [0.2, 0.25) is 0 Å². The van der Waals surface area contributed by atoms with Crippen LogP contribution in [-0.4, -0.2) is 23.3 Å². The fourth-order valence-corrected chi connectivity index (χ4v) is 4.05. The monoisotopic (exact) mass is 284 g/mol. The maximum Gasteiger partial charge on any atom is 0.281 e. The molecule has 4 heteroatoms. The molecule has 3 rings (SSSR count). The fraction of sp³-hybridized carbons (Fsp3) is 0.529. The van der Waals surface area contributed by atoms with Crippen molar-refractivity contribution in [1.29, 1.82) is 0 Å². The molecule has 1 N–H and O–H groups in total. The van der Waals surface area contributed by atoms with E-state index in [1.165, 1.54) is 0 Å². The van der Waals surface area contributed by atoms with Crippen molar-refractivity contribution in [2.45, 2.75) is 38.3 Å². The molecule has 1 heterocycles. The molecule has 1 aromatic rings. The number of pyridine rings is 1. The van der Waals surface area contributed by atoms with Gasteiger partial charge in [-0.15, -0.1) is 0 Å². The standard InChI is InChI=1S/C17H20N2O2/c1-5-12-11-8-14-13(6-7-15(19-14)21-4)17(12,18-3)9-10(2)16(11)20/h5-7,10-11,16,20H,8-9H2,1-2,4H3/t10-,11-,16-,17?/m1/s1. The van der Waals surface area contributed by atoms with Gasteiger partial charge < -0.3 is 14.7 Å². The summed E-state index contributed by atoms with van der Waals surface area (Å²) < 4.78 is 5.20. The highest BCUT2D eigenvalue weighted by molar-refractivity contribution is 5.50. The second-order valence-electron chi connectivity index (χ2n) is 6.05. The van der Waals surface area contributed by atoms with Crippen molar-refractivity contribution in [3.8, 4) is 5.88 Å². The van der Waals surface area contributed by atoms with Crippen molar-refractivity contribution in [3.05, 3.63) is 46.5 Å². The van der Waals surface area contributed by atoms with Crippen LogP contribution in [0.3, 0.4) is 0 Å². The Balaban J connectivity index is 2.25. The summed E-state index contributed by atoms with van der Waals surface area (Å²) >= 11 is 0. The van der Waals surface area contributed by atoms with E-state index in [0.717, 1.165) is 16.8 Å². The number of ether oxygens (including phenoxy) is 1. The molecule has 1 aromatic heterocycles. The number of hydrogen-bond acceptors (Lipinski definition) is 3. The molecule has 21 heavy (non-hydrogen) atoms. The molecule has 1 unspecified atom stereocenters. The van der Waals surface area contributed by atoms with E-state index in [1.54, 1.807) is 7.11 Å². The van der Waals surface area contributed by atoms with Crippen LogP contribution in [0.15, 0.2) is 23.8 Å². The zero-order valence-corrected chi connectivity index (χ0v) is 12.6. The van der Waals surface area contributed by atoms with Gasteiger partial charge in [-0.25, -0.2) is 11.6 Å². The molecule has 110 valence electrons. The topological polar surface area (TPSA) is 46.7 Å². The zero-order chi connectivity index (χ0) is 15.2. The molecule has 0 saturated heterocycles. The van der Waals surface area contributed by atoms with Gasteiger partial charge in [0, 0.05) is 24.0 Å². The number of fused-ring (bicyclic) bond motifs is 4.